The zero-order chi connectivity index (χ0) is 19.0. The molecule has 0 aliphatic heterocycles. The predicted octanol–water partition coefficient (Wildman–Crippen LogP) is 4.42. The smallest absolute Gasteiger partial charge is 0.387 e. The van der Waals surface area contributed by atoms with Gasteiger partial charge in [0, 0.05) is 6.04 Å². The van der Waals surface area contributed by atoms with Crippen molar-refractivity contribution in [3.05, 3.63) is 24.3 Å². The van der Waals surface area contributed by atoms with Gasteiger partial charge in [-0.15, -0.1) is 0 Å². The predicted molar refractivity (Wildman–Crippen MR) is 99.8 cm³/mol. The highest BCUT2D eigenvalue weighted by Crippen LogP contribution is 2.61. The second-order valence-corrected chi connectivity index (χ2v) is 8.80. The van der Waals surface area contributed by atoms with Crippen molar-refractivity contribution in [1.29, 1.82) is 0 Å². The minimum Gasteiger partial charge on any atom is -0.433 e. The number of benzene rings is 1. The molecule has 1 aromatic carbocycles. The first-order chi connectivity index (χ1) is 12.9. The van der Waals surface area contributed by atoms with Crippen LogP contribution in [0.15, 0.2) is 24.3 Å². The minimum absolute atomic E-state index is 0.0420. The van der Waals surface area contributed by atoms with Gasteiger partial charge < -0.3 is 15.4 Å². The minimum atomic E-state index is -2.89. The van der Waals surface area contributed by atoms with Crippen molar-refractivity contribution in [2.24, 2.45) is 23.2 Å². The summed E-state index contributed by atoms with van der Waals surface area (Å²) in [5.41, 5.74) is 0.650. The SMILES string of the molecule is CC(NC(=O)CNc1ccccc1OC(F)F)C12CC3CC(CC(C3)C1)C2. The van der Waals surface area contributed by atoms with Crippen LogP contribution in [0.3, 0.4) is 0 Å². The largest absolute Gasteiger partial charge is 0.433 e. The van der Waals surface area contributed by atoms with Crippen LogP contribution in [0.5, 0.6) is 5.75 Å². The molecule has 6 heteroatoms. The molecule has 0 radical (unpaired) electrons. The maximum absolute atomic E-state index is 12.5. The number of alkyl halides is 2. The Bertz CT molecular complexity index is 659. The maximum atomic E-state index is 12.5. The molecule has 1 atom stereocenters. The van der Waals surface area contributed by atoms with Crippen LogP contribution in [0.2, 0.25) is 0 Å². The average molecular weight is 378 g/mol. The lowest BCUT2D eigenvalue weighted by Crippen LogP contribution is -2.56. The third-order valence-corrected chi connectivity index (χ3v) is 6.92. The van der Waals surface area contributed by atoms with Gasteiger partial charge in [-0.05, 0) is 80.8 Å². The van der Waals surface area contributed by atoms with E-state index < -0.39 is 6.61 Å². The van der Waals surface area contributed by atoms with Gasteiger partial charge in [-0.1, -0.05) is 12.1 Å². The lowest BCUT2D eigenvalue weighted by molar-refractivity contribution is -0.124. The molecule has 5 rings (SSSR count). The molecule has 27 heavy (non-hydrogen) atoms. The summed E-state index contributed by atoms with van der Waals surface area (Å²) in [5, 5.41) is 6.10. The van der Waals surface area contributed by atoms with Crippen LogP contribution in [0.1, 0.15) is 45.4 Å². The van der Waals surface area contributed by atoms with E-state index in [1.54, 1.807) is 18.2 Å². The highest BCUT2D eigenvalue weighted by atomic mass is 19.3. The van der Waals surface area contributed by atoms with Gasteiger partial charge >= 0.3 is 6.61 Å². The molecular weight excluding hydrogens is 350 g/mol. The number of halogens is 2. The van der Waals surface area contributed by atoms with E-state index in [-0.39, 0.29) is 29.7 Å². The zero-order valence-corrected chi connectivity index (χ0v) is 15.7. The summed E-state index contributed by atoms with van der Waals surface area (Å²) >= 11 is 0. The quantitative estimate of drug-likeness (QED) is 0.738. The average Bonchev–Trinajstić information content (AvgIpc) is 2.59. The topological polar surface area (TPSA) is 50.4 Å². The Morgan fingerprint density at radius 2 is 1.74 bits per heavy atom. The number of carbonyl (C=O) groups excluding carboxylic acids is 1. The molecule has 0 heterocycles. The molecule has 4 fully saturated rings. The summed E-state index contributed by atoms with van der Waals surface area (Å²) in [7, 11) is 0. The fourth-order valence-electron chi connectivity index (χ4n) is 6.14. The van der Waals surface area contributed by atoms with E-state index in [4.69, 9.17) is 0 Å². The molecule has 2 N–H and O–H groups in total. The third kappa shape index (κ3) is 3.90. The summed E-state index contributed by atoms with van der Waals surface area (Å²) < 4.78 is 29.5. The van der Waals surface area contributed by atoms with Crippen LogP contribution < -0.4 is 15.4 Å². The molecule has 0 aromatic heterocycles. The molecule has 4 bridgehead atoms. The molecule has 0 saturated heterocycles. The fourth-order valence-corrected chi connectivity index (χ4v) is 6.14. The van der Waals surface area contributed by atoms with Crippen LogP contribution in [0.25, 0.3) is 0 Å². The van der Waals surface area contributed by atoms with Gasteiger partial charge in [0.1, 0.15) is 5.75 Å². The van der Waals surface area contributed by atoms with Crippen molar-refractivity contribution in [3.63, 3.8) is 0 Å². The number of amides is 1. The monoisotopic (exact) mass is 378 g/mol. The highest BCUT2D eigenvalue weighted by Gasteiger charge is 2.53. The van der Waals surface area contributed by atoms with E-state index in [9.17, 15) is 13.6 Å². The number of nitrogens with one attached hydrogen (secondary N) is 2. The van der Waals surface area contributed by atoms with E-state index in [1.165, 1.54) is 44.6 Å². The Hall–Kier alpha value is -1.85. The molecule has 4 aliphatic carbocycles. The van der Waals surface area contributed by atoms with Crippen molar-refractivity contribution in [1.82, 2.24) is 5.32 Å². The van der Waals surface area contributed by atoms with Gasteiger partial charge in [0.2, 0.25) is 5.91 Å². The van der Waals surface area contributed by atoms with Crippen molar-refractivity contribution >= 4 is 11.6 Å². The first-order valence-corrected chi connectivity index (χ1v) is 10.0. The van der Waals surface area contributed by atoms with Gasteiger partial charge in [0.25, 0.3) is 0 Å². The molecule has 4 saturated carbocycles. The molecule has 1 aromatic rings. The molecule has 148 valence electrons. The molecule has 4 nitrogen and oxygen atoms in total. The number of para-hydroxylation sites is 2. The van der Waals surface area contributed by atoms with Crippen LogP contribution >= 0.6 is 0 Å². The van der Waals surface area contributed by atoms with Gasteiger partial charge in [-0.25, -0.2) is 0 Å². The molecular formula is C21H28F2N2O2. The van der Waals surface area contributed by atoms with Crippen molar-refractivity contribution in [2.75, 3.05) is 11.9 Å². The second kappa shape index (κ2) is 7.28. The Labute approximate surface area is 159 Å². The highest BCUT2D eigenvalue weighted by molar-refractivity contribution is 5.81. The van der Waals surface area contributed by atoms with Crippen molar-refractivity contribution in [2.45, 2.75) is 58.1 Å². The summed E-state index contributed by atoms with van der Waals surface area (Å²) in [6, 6.07) is 6.58. The van der Waals surface area contributed by atoms with E-state index in [2.05, 4.69) is 22.3 Å². The second-order valence-electron chi connectivity index (χ2n) is 8.80. The van der Waals surface area contributed by atoms with Crippen LogP contribution in [0.4, 0.5) is 14.5 Å². The third-order valence-electron chi connectivity index (χ3n) is 6.92. The van der Waals surface area contributed by atoms with Crippen LogP contribution in [-0.4, -0.2) is 25.1 Å². The van der Waals surface area contributed by atoms with E-state index in [0.717, 1.165) is 17.8 Å². The Morgan fingerprint density at radius 1 is 1.15 bits per heavy atom. The standard InChI is InChI=1S/C21H28F2N2O2/c1-13(21-9-14-6-15(10-21)8-16(7-14)11-21)25-19(26)12-24-17-4-2-3-5-18(17)27-20(22)23/h2-5,13-16,20,24H,6-12H2,1H3,(H,25,26). The van der Waals surface area contributed by atoms with Gasteiger partial charge in [-0.3, -0.25) is 4.79 Å². The Morgan fingerprint density at radius 3 is 2.33 bits per heavy atom. The molecule has 0 spiro atoms. The van der Waals surface area contributed by atoms with Crippen molar-refractivity contribution < 1.29 is 18.3 Å². The Kier molecular flexibility index (Phi) is 4.99. The summed E-state index contributed by atoms with van der Waals surface area (Å²) in [5.74, 6) is 2.46. The lowest BCUT2D eigenvalue weighted by atomic mass is 9.48. The number of ether oxygens (including phenoxy) is 1. The summed E-state index contributed by atoms with van der Waals surface area (Å²) in [6.45, 7) is -0.711. The number of anilines is 1. The van der Waals surface area contributed by atoms with Crippen LogP contribution in [0, 0.1) is 23.2 Å². The van der Waals surface area contributed by atoms with Gasteiger partial charge in [-0.2, -0.15) is 8.78 Å². The molecule has 1 unspecified atom stereocenters. The lowest BCUT2D eigenvalue weighted by Gasteiger charge is -2.59. The zero-order valence-electron chi connectivity index (χ0n) is 15.7. The summed E-state index contributed by atoms with van der Waals surface area (Å²) in [6.07, 6.45) is 7.84. The number of carbonyl (C=O) groups is 1. The number of hydrogen-bond donors (Lipinski definition) is 2. The normalized spacial score (nSPS) is 32.4. The first kappa shape index (κ1) is 18.5. The number of hydrogen-bond acceptors (Lipinski definition) is 3. The van der Waals surface area contributed by atoms with E-state index in [0.29, 0.717) is 5.69 Å². The van der Waals surface area contributed by atoms with E-state index in [1.807, 2.05) is 0 Å². The molecule has 4 aliphatic rings. The van der Waals surface area contributed by atoms with Crippen LogP contribution in [-0.2, 0) is 4.79 Å². The first-order valence-electron chi connectivity index (χ1n) is 10.0. The Balaban J connectivity index is 1.34. The maximum Gasteiger partial charge on any atom is 0.387 e. The van der Waals surface area contributed by atoms with Gasteiger partial charge in [0.15, 0.2) is 0 Å². The molecule has 1 amide bonds. The van der Waals surface area contributed by atoms with E-state index >= 15 is 0 Å². The number of rotatable bonds is 7. The van der Waals surface area contributed by atoms with Gasteiger partial charge in [0.05, 0.1) is 12.2 Å². The summed E-state index contributed by atoms with van der Waals surface area (Å²) in [4.78, 5) is 12.5. The van der Waals surface area contributed by atoms with Crippen molar-refractivity contribution in [3.8, 4) is 5.75 Å². The fraction of sp³-hybridized carbons (Fsp3) is 0.667.